The van der Waals surface area contributed by atoms with Crippen molar-refractivity contribution in [3.63, 3.8) is 0 Å². The van der Waals surface area contributed by atoms with Crippen molar-refractivity contribution in [2.75, 3.05) is 6.61 Å². The number of ether oxygens (including phenoxy) is 1. The molecule has 0 aliphatic rings. The molecule has 1 rings (SSSR count). The number of hydrogen-bond donors (Lipinski definition) is 1. The fourth-order valence-electron chi connectivity index (χ4n) is 1.81. The van der Waals surface area contributed by atoms with E-state index in [1.807, 2.05) is 24.3 Å². The van der Waals surface area contributed by atoms with Crippen molar-refractivity contribution in [3.05, 3.63) is 35.4 Å². The van der Waals surface area contributed by atoms with E-state index in [1.54, 1.807) is 0 Å². The largest absolute Gasteiger partial charge is 0.414 e. The Morgan fingerprint density at radius 1 is 1.10 bits per heavy atom. The van der Waals surface area contributed by atoms with Crippen LogP contribution in [-0.2, 0) is 11.2 Å². The van der Waals surface area contributed by atoms with Gasteiger partial charge in [-0.05, 0) is 30.4 Å². The van der Waals surface area contributed by atoms with Crippen LogP contribution in [0.15, 0.2) is 24.3 Å². The Bertz CT molecular complexity index is 401. The van der Waals surface area contributed by atoms with Gasteiger partial charge >= 0.3 is 6.18 Å². The molecule has 0 aliphatic heterocycles. The predicted molar refractivity (Wildman–Crippen MR) is 73.4 cm³/mol. The maximum Gasteiger partial charge on any atom is 0.414 e. The van der Waals surface area contributed by atoms with Gasteiger partial charge in [0.05, 0.1) is 12.6 Å². The maximum absolute atomic E-state index is 12.3. The minimum absolute atomic E-state index is 0.149. The highest BCUT2D eigenvalue weighted by Gasteiger charge is 2.37. The van der Waals surface area contributed by atoms with Crippen LogP contribution >= 0.6 is 0 Å². The van der Waals surface area contributed by atoms with Gasteiger partial charge in [0, 0.05) is 0 Å². The van der Waals surface area contributed by atoms with Crippen LogP contribution in [0.3, 0.4) is 0 Å². The zero-order valence-corrected chi connectivity index (χ0v) is 12.1. The second kappa shape index (κ2) is 7.09. The van der Waals surface area contributed by atoms with Crippen LogP contribution in [0, 0.1) is 5.92 Å². The third-order valence-corrected chi connectivity index (χ3v) is 3.04. The number of halogens is 3. The van der Waals surface area contributed by atoms with Crippen molar-refractivity contribution in [2.24, 2.45) is 11.7 Å². The molecule has 20 heavy (non-hydrogen) atoms. The molecule has 1 aromatic carbocycles. The molecular weight excluding hydrogens is 267 g/mol. The summed E-state index contributed by atoms with van der Waals surface area (Å²) in [7, 11) is 0. The molecule has 0 radical (unpaired) electrons. The lowest BCUT2D eigenvalue weighted by atomic mass is 10.00. The van der Waals surface area contributed by atoms with Crippen LogP contribution in [0.4, 0.5) is 13.2 Å². The van der Waals surface area contributed by atoms with E-state index in [0.29, 0.717) is 5.92 Å². The Morgan fingerprint density at radius 2 is 1.65 bits per heavy atom. The van der Waals surface area contributed by atoms with Gasteiger partial charge in [0.2, 0.25) is 0 Å². The molecule has 0 heterocycles. The molecule has 1 aromatic rings. The minimum Gasteiger partial charge on any atom is -0.367 e. The Morgan fingerprint density at radius 3 is 2.10 bits per heavy atom. The number of benzene rings is 1. The van der Waals surface area contributed by atoms with Gasteiger partial charge < -0.3 is 10.5 Å². The maximum atomic E-state index is 12.3. The fraction of sp³-hybridized carbons (Fsp3) is 0.600. The number of nitrogens with two attached hydrogens (primary N) is 1. The van der Waals surface area contributed by atoms with Gasteiger partial charge in [0.15, 0.2) is 6.10 Å². The summed E-state index contributed by atoms with van der Waals surface area (Å²) in [6.07, 6.45) is -5.17. The molecule has 2 unspecified atom stereocenters. The lowest BCUT2D eigenvalue weighted by Gasteiger charge is -2.19. The van der Waals surface area contributed by atoms with Gasteiger partial charge in [-0.3, -0.25) is 0 Å². The molecule has 0 bridgehead atoms. The van der Waals surface area contributed by atoms with E-state index in [2.05, 4.69) is 13.8 Å². The van der Waals surface area contributed by atoms with Gasteiger partial charge in [0.25, 0.3) is 0 Å². The molecule has 2 N–H and O–H groups in total. The first-order valence-corrected chi connectivity index (χ1v) is 6.73. The Labute approximate surface area is 118 Å². The van der Waals surface area contributed by atoms with Crippen molar-refractivity contribution >= 4 is 0 Å². The van der Waals surface area contributed by atoms with Crippen LogP contribution in [0.2, 0.25) is 0 Å². The molecule has 0 aliphatic carbocycles. The van der Waals surface area contributed by atoms with Crippen LogP contribution in [0.25, 0.3) is 0 Å². The zero-order valence-electron chi connectivity index (χ0n) is 12.1. The summed E-state index contributed by atoms with van der Waals surface area (Å²) in [6.45, 7) is 5.10. The Balaban J connectivity index is 2.53. The highest BCUT2D eigenvalue weighted by molar-refractivity contribution is 5.25. The average Bonchev–Trinajstić information content (AvgIpc) is 2.34. The van der Waals surface area contributed by atoms with Gasteiger partial charge in [-0.15, -0.1) is 0 Å². The first kappa shape index (κ1) is 17.0. The molecule has 114 valence electrons. The Hall–Kier alpha value is -1.07. The smallest absolute Gasteiger partial charge is 0.367 e. The summed E-state index contributed by atoms with van der Waals surface area (Å²) in [5, 5.41) is 0. The molecule has 0 fully saturated rings. The second-order valence-corrected chi connectivity index (χ2v) is 5.46. The fourth-order valence-corrected chi connectivity index (χ4v) is 1.81. The SMILES string of the molecule is CC(C)Cc1ccc(C(N)COC(C)C(F)(F)F)cc1. The van der Waals surface area contributed by atoms with Crippen LogP contribution in [0.1, 0.15) is 37.9 Å². The summed E-state index contributed by atoms with van der Waals surface area (Å²) in [4.78, 5) is 0. The zero-order chi connectivity index (χ0) is 15.3. The molecular formula is C15H22F3NO. The van der Waals surface area contributed by atoms with Crippen molar-refractivity contribution < 1.29 is 17.9 Å². The topological polar surface area (TPSA) is 35.2 Å². The third kappa shape index (κ3) is 5.51. The molecule has 5 heteroatoms. The number of alkyl halides is 3. The molecule has 0 amide bonds. The average molecular weight is 289 g/mol. The highest BCUT2D eigenvalue weighted by Crippen LogP contribution is 2.23. The molecule has 0 saturated heterocycles. The van der Waals surface area contributed by atoms with E-state index >= 15 is 0 Å². The molecule has 2 nitrogen and oxygen atoms in total. The predicted octanol–water partition coefficient (Wildman–Crippen LogP) is 3.85. The van der Waals surface area contributed by atoms with Gasteiger partial charge in [0.1, 0.15) is 0 Å². The van der Waals surface area contributed by atoms with Crippen molar-refractivity contribution in [3.8, 4) is 0 Å². The Kier molecular flexibility index (Phi) is 6.02. The summed E-state index contributed by atoms with van der Waals surface area (Å²) in [5.41, 5.74) is 7.82. The van der Waals surface area contributed by atoms with Gasteiger partial charge in [-0.2, -0.15) is 13.2 Å². The molecule has 2 atom stereocenters. The third-order valence-electron chi connectivity index (χ3n) is 3.04. The first-order valence-electron chi connectivity index (χ1n) is 6.73. The normalized spacial score (nSPS) is 15.4. The van der Waals surface area contributed by atoms with Gasteiger partial charge in [-0.25, -0.2) is 0 Å². The monoisotopic (exact) mass is 289 g/mol. The standard InChI is InChI=1S/C15H22F3NO/c1-10(2)8-12-4-6-13(7-5-12)14(19)9-20-11(3)15(16,17)18/h4-7,10-11,14H,8-9,19H2,1-3H3. The first-order chi connectivity index (χ1) is 9.20. The lowest BCUT2D eigenvalue weighted by molar-refractivity contribution is -0.215. The lowest BCUT2D eigenvalue weighted by Crippen LogP contribution is -2.31. The summed E-state index contributed by atoms with van der Waals surface area (Å²) in [5.74, 6) is 0.561. The van der Waals surface area contributed by atoms with Crippen molar-refractivity contribution in [1.82, 2.24) is 0 Å². The summed E-state index contributed by atoms with van der Waals surface area (Å²) < 4.78 is 41.7. The highest BCUT2D eigenvalue weighted by atomic mass is 19.4. The second-order valence-electron chi connectivity index (χ2n) is 5.46. The molecule has 0 spiro atoms. The van der Waals surface area contributed by atoms with Crippen LogP contribution < -0.4 is 5.73 Å². The van der Waals surface area contributed by atoms with E-state index in [-0.39, 0.29) is 6.61 Å². The van der Waals surface area contributed by atoms with Crippen LogP contribution in [0.5, 0.6) is 0 Å². The van der Waals surface area contributed by atoms with Gasteiger partial charge in [-0.1, -0.05) is 38.1 Å². The van der Waals surface area contributed by atoms with E-state index in [9.17, 15) is 13.2 Å². The quantitative estimate of drug-likeness (QED) is 0.863. The van der Waals surface area contributed by atoms with E-state index in [1.165, 1.54) is 5.56 Å². The minimum atomic E-state index is -4.35. The van der Waals surface area contributed by atoms with E-state index in [0.717, 1.165) is 18.9 Å². The summed E-state index contributed by atoms with van der Waals surface area (Å²) in [6, 6.07) is 7.08. The number of hydrogen-bond acceptors (Lipinski definition) is 2. The number of rotatable bonds is 6. The molecule has 0 aromatic heterocycles. The van der Waals surface area contributed by atoms with Crippen molar-refractivity contribution in [2.45, 2.75) is 45.5 Å². The van der Waals surface area contributed by atoms with Crippen LogP contribution in [-0.4, -0.2) is 18.9 Å². The van der Waals surface area contributed by atoms with E-state index < -0.39 is 18.3 Å². The summed E-state index contributed by atoms with van der Waals surface area (Å²) >= 11 is 0. The molecule has 0 saturated carbocycles. The van der Waals surface area contributed by atoms with Crippen molar-refractivity contribution in [1.29, 1.82) is 0 Å². The van der Waals surface area contributed by atoms with E-state index in [4.69, 9.17) is 10.5 Å².